The molecule has 0 unspecified atom stereocenters. The summed E-state index contributed by atoms with van der Waals surface area (Å²) in [5.74, 6) is 0.847. The van der Waals surface area contributed by atoms with E-state index in [2.05, 4.69) is 36.2 Å². The number of amidine groups is 1. The maximum Gasteiger partial charge on any atom is 0.124 e. The fourth-order valence-corrected chi connectivity index (χ4v) is 2.43. The lowest BCUT2D eigenvalue weighted by molar-refractivity contribution is 1.10. The van der Waals surface area contributed by atoms with Gasteiger partial charge in [-0.3, -0.25) is 9.98 Å². The number of pyridine rings is 1. The maximum absolute atomic E-state index is 4.67. The van der Waals surface area contributed by atoms with Gasteiger partial charge in [0.25, 0.3) is 0 Å². The Morgan fingerprint density at radius 1 is 1.20 bits per heavy atom. The monoisotopic (exact) mass is 328 g/mol. The van der Waals surface area contributed by atoms with Crippen LogP contribution < -0.4 is 5.32 Å². The molecule has 3 rings (SSSR count). The molecule has 0 saturated carbocycles. The quantitative estimate of drug-likeness (QED) is 0.874. The molecule has 1 aromatic carbocycles. The standard InChI is InChI=1S/C15H13BrN4/c1-17-14-9-19-15(13-4-2-3-7-18-13)11-8-10(16)5-6-12(11)20-14/h2-8H,9H2,1H3,(H,17,20). The van der Waals surface area contributed by atoms with Crippen LogP contribution in [0.15, 0.2) is 57.1 Å². The summed E-state index contributed by atoms with van der Waals surface area (Å²) in [6.45, 7) is 0.523. The van der Waals surface area contributed by atoms with Gasteiger partial charge in [0.05, 0.1) is 23.6 Å². The lowest BCUT2D eigenvalue weighted by Gasteiger charge is -2.07. The van der Waals surface area contributed by atoms with E-state index in [1.807, 2.05) is 43.4 Å². The Morgan fingerprint density at radius 3 is 2.85 bits per heavy atom. The first-order chi connectivity index (χ1) is 9.78. The summed E-state index contributed by atoms with van der Waals surface area (Å²) < 4.78 is 1.00. The zero-order valence-corrected chi connectivity index (χ0v) is 12.6. The largest absolute Gasteiger partial charge is 0.375 e. The lowest BCUT2D eigenvalue weighted by Crippen LogP contribution is -2.20. The van der Waals surface area contributed by atoms with Crippen molar-refractivity contribution < 1.29 is 0 Å². The minimum Gasteiger partial charge on any atom is -0.375 e. The second-order valence-electron chi connectivity index (χ2n) is 4.35. The number of rotatable bonds is 1. The highest BCUT2D eigenvalue weighted by Gasteiger charge is 2.16. The molecule has 0 spiro atoms. The van der Waals surface area contributed by atoms with Crippen molar-refractivity contribution in [3.63, 3.8) is 0 Å². The Morgan fingerprint density at radius 2 is 2.10 bits per heavy atom. The highest BCUT2D eigenvalue weighted by Crippen LogP contribution is 2.27. The highest BCUT2D eigenvalue weighted by molar-refractivity contribution is 9.10. The number of halogens is 1. The smallest absolute Gasteiger partial charge is 0.124 e. The fraction of sp³-hybridized carbons (Fsp3) is 0.133. The van der Waals surface area contributed by atoms with Crippen LogP contribution in [-0.2, 0) is 0 Å². The van der Waals surface area contributed by atoms with Crippen molar-refractivity contribution in [1.29, 1.82) is 0 Å². The van der Waals surface area contributed by atoms with E-state index in [1.165, 1.54) is 0 Å². The third-order valence-corrected chi connectivity index (χ3v) is 3.55. The van der Waals surface area contributed by atoms with Crippen LogP contribution in [0.4, 0.5) is 5.69 Å². The Hall–Kier alpha value is -2.01. The normalized spacial score (nSPS) is 13.9. The average molecular weight is 329 g/mol. The van der Waals surface area contributed by atoms with E-state index in [0.29, 0.717) is 6.54 Å². The Kier molecular flexibility index (Phi) is 3.60. The number of hydrogen-bond acceptors (Lipinski definition) is 4. The van der Waals surface area contributed by atoms with E-state index in [0.717, 1.165) is 33.0 Å². The molecule has 0 bridgehead atoms. The zero-order valence-electron chi connectivity index (χ0n) is 11.0. The van der Waals surface area contributed by atoms with Crippen LogP contribution >= 0.6 is 15.9 Å². The Balaban J connectivity index is 2.19. The molecule has 0 amide bonds. The third kappa shape index (κ3) is 2.49. The summed E-state index contributed by atoms with van der Waals surface area (Å²) in [6.07, 6.45) is 1.78. The fourth-order valence-electron chi connectivity index (χ4n) is 2.07. The molecule has 1 N–H and O–H groups in total. The minimum absolute atomic E-state index is 0.523. The first-order valence-corrected chi connectivity index (χ1v) is 7.08. The number of nitrogens with zero attached hydrogens (tertiary/aromatic N) is 3. The number of fused-ring (bicyclic) bond motifs is 1. The lowest BCUT2D eigenvalue weighted by atomic mass is 10.0. The molecule has 0 fully saturated rings. The van der Waals surface area contributed by atoms with Crippen LogP contribution in [0.3, 0.4) is 0 Å². The van der Waals surface area contributed by atoms with Crippen LogP contribution in [0.2, 0.25) is 0 Å². The molecule has 20 heavy (non-hydrogen) atoms. The predicted octanol–water partition coefficient (Wildman–Crippen LogP) is 2.94. The molecule has 0 aliphatic carbocycles. The SMILES string of the molecule is CNC1=Nc2ccc(Br)cc2C(c2ccccn2)=NC1. The summed E-state index contributed by atoms with van der Waals surface area (Å²) in [7, 11) is 1.86. The van der Waals surface area contributed by atoms with Crippen LogP contribution in [0.5, 0.6) is 0 Å². The molecule has 1 aromatic heterocycles. The van der Waals surface area contributed by atoms with Crippen molar-refractivity contribution in [3.8, 4) is 0 Å². The molecule has 0 radical (unpaired) electrons. The second-order valence-corrected chi connectivity index (χ2v) is 5.27. The van der Waals surface area contributed by atoms with Crippen LogP contribution in [-0.4, -0.2) is 30.1 Å². The molecule has 4 nitrogen and oxygen atoms in total. The molecule has 2 aromatic rings. The Bertz CT molecular complexity index is 692. The van der Waals surface area contributed by atoms with Gasteiger partial charge in [0.1, 0.15) is 5.84 Å². The number of aromatic nitrogens is 1. The maximum atomic E-state index is 4.67. The topological polar surface area (TPSA) is 49.6 Å². The van der Waals surface area contributed by atoms with Gasteiger partial charge in [0.2, 0.25) is 0 Å². The van der Waals surface area contributed by atoms with Crippen LogP contribution in [0.1, 0.15) is 11.3 Å². The number of likely N-dealkylation sites (N-methyl/N-ethyl adjacent to an activating group) is 1. The first kappa shape index (κ1) is 13.0. The third-order valence-electron chi connectivity index (χ3n) is 3.05. The molecule has 1 aliphatic rings. The average Bonchev–Trinajstić information content (AvgIpc) is 2.67. The number of benzene rings is 1. The summed E-state index contributed by atoms with van der Waals surface area (Å²) >= 11 is 3.51. The van der Waals surface area contributed by atoms with Gasteiger partial charge in [-0.05, 0) is 30.3 Å². The summed E-state index contributed by atoms with van der Waals surface area (Å²) in [5.41, 5.74) is 3.62. The molecule has 5 heteroatoms. The van der Waals surface area contributed by atoms with Gasteiger partial charge in [0.15, 0.2) is 0 Å². The van der Waals surface area contributed by atoms with Gasteiger partial charge >= 0.3 is 0 Å². The number of nitrogens with one attached hydrogen (secondary N) is 1. The Labute approximate surface area is 125 Å². The van der Waals surface area contributed by atoms with Gasteiger partial charge in [-0.25, -0.2) is 4.99 Å². The van der Waals surface area contributed by atoms with E-state index in [-0.39, 0.29) is 0 Å². The number of aliphatic imine (C=N–C) groups is 2. The minimum atomic E-state index is 0.523. The molecule has 1 aliphatic heterocycles. The zero-order chi connectivity index (χ0) is 13.9. The highest BCUT2D eigenvalue weighted by atomic mass is 79.9. The van der Waals surface area contributed by atoms with Crippen molar-refractivity contribution in [3.05, 3.63) is 58.3 Å². The molecule has 100 valence electrons. The molecule has 2 heterocycles. The van der Waals surface area contributed by atoms with Crippen LogP contribution in [0.25, 0.3) is 0 Å². The van der Waals surface area contributed by atoms with Crippen molar-refractivity contribution >= 4 is 33.2 Å². The van der Waals surface area contributed by atoms with Crippen molar-refractivity contribution in [2.45, 2.75) is 0 Å². The summed E-state index contributed by atoms with van der Waals surface area (Å²) in [6, 6.07) is 11.8. The van der Waals surface area contributed by atoms with E-state index < -0.39 is 0 Å². The van der Waals surface area contributed by atoms with Gasteiger partial charge in [-0.15, -0.1) is 0 Å². The number of hydrogen-bond donors (Lipinski definition) is 1. The first-order valence-electron chi connectivity index (χ1n) is 6.29. The van der Waals surface area contributed by atoms with E-state index in [9.17, 15) is 0 Å². The van der Waals surface area contributed by atoms with E-state index >= 15 is 0 Å². The predicted molar refractivity (Wildman–Crippen MR) is 85.0 cm³/mol. The molecular weight excluding hydrogens is 316 g/mol. The van der Waals surface area contributed by atoms with Crippen molar-refractivity contribution in [2.24, 2.45) is 9.98 Å². The molecule has 0 atom stereocenters. The van der Waals surface area contributed by atoms with E-state index in [4.69, 9.17) is 0 Å². The summed E-state index contributed by atoms with van der Waals surface area (Å²) in [5, 5.41) is 3.08. The van der Waals surface area contributed by atoms with Crippen LogP contribution in [0, 0.1) is 0 Å². The van der Waals surface area contributed by atoms with Crippen molar-refractivity contribution in [2.75, 3.05) is 13.6 Å². The van der Waals surface area contributed by atoms with Gasteiger partial charge in [-0.2, -0.15) is 0 Å². The second kappa shape index (κ2) is 5.54. The summed E-state index contributed by atoms with van der Waals surface area (Å²) in [4.78, 5) is 13.7. The van der Waals surface area contributed by atoms with Gasteiger partial charge < -0.3 is 5.32 Å². The molecular formula is C15H13BrN4. The van der Waals surface area contributed by atoms with Gasteiger partial charge in [-0.1, -0.05) is 22.0 Å². The van der Waals surface area contributed by atoms with Crippen molar-refractivity contribution in [1.82, 2.24) is 10.3 Å². The van der Waals surface area contributed by atoms with E-state index in [1.54, 1.807) is 6.20 Å². The molecule has 0 saturated heterocycles. The van der Waals surface area contributed by atoms with Gasteiger partial charge in [0, 0.05) is 23.3 Å².